The fourth-order valence-corrected chi connectivity index (χ4v) is 12.2. The van der Waals surface area contributed by atoms with E-state index >= 15 is 0 Å². The number of fused-ring (bicyclic) bond motifs is 9. The molecule has 0 saturated heterocycles. The molecule has 0 spiro atoms. The summed E-state index contributed by atoms with van der Waals surface area (Å²) in [4.78, 5) is 4.85. The average molecular weight is 865 g/mol. The highest BCUT2D eigenvalue weighted by molar-refractivity contribution is 7.99. The standard InChI is InChI=1S/C61H40N2S2/c1-7-19-55-49(13-1)50-14-2-8-20-56(50)61(55,41-25-33-45(34-26-41)64-47-37-29-43(30-38-47)62-57-21-9-3-15-51(57)52-16-4-10-22-58(52)62)42-27-35-46(36-28-42)65-48-39-31-44(32-40-48)63-59-23-11-5-17-53(59)54-18-6-12-24-60(54)63/h1-40H. The van der Waals surface area contributed by atoms with E-state index in [0.717, 1.165) is 0 Å². The van der Waals surface area contributed by atoms with Crippen molar-refractivity contribution >= 4 is 67.1 Å². The van der Waals surface area contributed by atoms with Gasteiger partial charge in [0.15, 0.2) is 0 Å². The van der Waals surface area contributed by atoms with Gasteiger partial charge in [0.25, 0.3) is 0 Å². The summed E-state index contributed by atoms with van der Waals surface area (Å²) in [6.07, 6.45) is 0. The van der Waals surface area contributed by atoms with Gasteiger partial charge < -0.3 is 9.13 Å². The van der Waals surface area contributed by atoms with E-state index in [4.69, 9.17) is 0 Å². The predicted molar refractivity (Wildman–Crippen MR) is 274 cm³/mol. The van der Waals surface area contributed by atoms with E-state index in [9.17, 15) is 0 Å². The average Bonchev–Trinajstić information content (AvgIpc) is 4.00. The zero-order valence-electron chi connectivity index (χ0n) is 35.3. The fraction of sp³-hybridized carbons (Fsp3) is 0.0164. The molecule has 4 heteroatoms. The number of para-hydroxylation sites is 4. The molecule has 13 rings (SSSR count). The Kier molecular flexibility index (Phi) is 8.97. The molecule has 306 valence electrons. The number of hydrogen-bond donors (Lipinski definition) is 0. The zero-order valence-corrected chi connectivity index (χ0v) is 36.9. The van der Waals surface area contributed by atoms with E-state index < -0.39 is 5.41 Å². The second-order valence-electron chi connectivity index (χ2n) is 16.8. The van der Waals surface area contributed by atoms with Gasteiger partial charge in [0.1, 0.15) is 0 Å². The van der Waals surface area contributed by atoms with Crippen LogP contribution in [0.25, 0.3) is 66.1 Å². The van der Waals surface area contributed by atoms with Gasteiger partial charge in [-0.15, -0.1) is 0 Å². The quantitative estimate of drug-likeness (QED) is 0.151. The number of nitrogens with zero attached hydrogens (tertiary/aromatic N) is 2. The minimum absolute atomic E-state index is 0.465. The number of benzene rings is 10. The van der Waals surface area contributed by atoms with E-state index in [2.05, 4.69) is 252 Å². The van der Waals surface area contributed by atoms with Crippen LogP contribution in [0.3, 0.4) is 0 Å². The third-order valence-corrected chi connectivity index (χ3v) is 15.4. The molecule has 0 aliphatic heterocycles. The molecule has 0 atom stereocenters. The van der Waals surface area contributed by atoms with Crippen LogP contribution in [0.5, 0.6) is 0 Å². The van der Waals surface area contributed by atoms with Crippen molar-refractivity contribution in [3.63, 3.8) is 0 Å². The van der Waals surface area contributed by atoms with Crippen LogP contribution in [0.15, 0.2) is 262 Å². The first-order valence-electron chi connectivity index (χ1n) is 22.2. The minimum Gasteiger partial charge on any atom is -0.309 e. The van der Waals surface area contributed by atoms with Gasteiger partial charge in [0, 0.05) is 52.5 Å². The van der Waals surface area contributed by atoms with Crippen molar-refractivity contribution in [3.8, 4) is 22.5 Å². The normalized spacial score (nSPS) is 12.9. The lowest BCUT2D eigenvalue weighted by molar-refractivity contribution is 0.766. The molecule has 2 heterocycles. The van der Waals surface area contributed by atoms with E-state index in [-0.39, 0.29) is 0 Å². The van der Waals surface area contributed by atoms with Gasteiger partial charge in [-0.3, -0.25) is 0 Å². The number of hydrogen-bond acceptors (Lipinski definition) is 2. The van der Waals surface area contributed by atoms with Crippen LogP contribution in [0.1, 0.15) is 22.3 Å². The summed E-state index contributed by atoms with van der Waals surface area (Å²) in [5.41, 5.74) is 14.5. The number of rotatable bonds is 8. The van der Waals surface area contributed by atoms with Crippen LogP contribution in [-0.4, -0.2) is 9.13 Å². The molecule has 0 bridgehead atoms. The Balaban J connectivity index is 0.815. The SMILES string of the molecule is c1ccc2c(c1)-c1ccccc1C2(c1ccc(Sc2ccc(-n3c4ccccc4c4ccccc43)cc2)cc1)c1ccc(Sc2ccc(-n3c4ccccc4c4ccccc43)cc2)cc1. The molecule has 65 heavy (non-hydrogen) atoms. The third kappa shape index (κ3) is 6.05. The first kappa shape index (κ1) is 38.0. The van der Waals surface area contributed by atoms with Crippen molar-refractivity contribution in [2.45, 2.75) is 25.0 Å². The van der Waals surface area contributed by atoms with Crippen molar-refractivity contribution in [1.82, 2.24) is 9.13 Å². The van der Waals surface area contributed by atoms with Gasteiger partial charge in [-0.1, -0.05) is 169 Å². The lowest BCUT2D eigenvalue weighted by atomic mass is 9.68. The molecule has 0 saturated carbocycles. The molecule has 12 aromatic rings. The van der Waals surface area contributed by atoms with Gasteiger partial charge in [-0.05, 0) is 130 Å². The molecule has 0 amide bonds. The second kappa shape index (κ2) is 15.3. The molecule has 0 radical (unpaired) electrons. The Hall–Kier alpha value is -7.50. The van der Waals surface area contributed by atoms with Crippen LogP contribution in [-0.2, 0) is 5.41 Å². The van der Waals surface area contributed by atoms with Crippen molar-refractivity contribution in [2.24, 2.45) is 0 Å². The maximum Gasteiger partial charge on any atom is 0.0713 e. The Morgan fingerprint density at radius 2 is 0.538 bits per heavy atom. The van der Waals surface area contributed by atoms with Crippen molar-refractivity contribution in [3.05, 3.63) is 265 Å². The lowest BCUT2D eigenvalue weighted by Gasteiger charge is -2.34. The highest BCUT2D eigenvalue weighted by Crippen LogP contribution is 2.56. The Bertz CT molecular complexity index is 3390. The lowest BCUT2D eigenvalue weighted by Crippen LogP contribution is -2.28. The molecule has 1 aliphatic rings. The Labute approximate surface area is 386 Å². The third-order valence-electron chi connectivity index (χ3n) is 13.3. The molecule has 0 unspecified atom stereocenters. The van der Waals surface area contributed by atoms with Crippen LogP contribution in [0.4, 0.5) is 0 Å². The van der Waals surface area contributed by atoms with E-state index in [0.29, 0.717) is 0 Å². The van der Waals surface area contributed by atoms with Gasteiger partial charge >= 0.3 is 0 Å². The molecule has 1 aliphatic carbocycles. The number of aromatic nitrogens is 2. The van der Waals surface area contributed by atoms with Gasteiger partial charge in [0.2, 0.25) is 0 Å². The zero-order chi connectivity index (χ0) is 42.9. The van der Waals surface area contributed by atoms with Crippen LogP contribution in [0.2, 0.25) is 0 Å². The van der Waals surface area contributed by atoms with Crippen LogP contribution < -0.4 is 0 Å². The van der Waals surface area contributed by atoms with E-state index in [1.165, 1.54) is 108 Å². The van der Waals surface area contributed by atoms with Crippen molar-refractivity contribution in [1.29, 1.82) is 0 Å². The maximum absolute atomic E-state index is 2.38. The first-order chi connectivity index (χ1) is 32.2. The highest BCUT2D eigenvalue weighted by atomic mass is 32.2. The summed E-state index contributed by atoms with van der Waals surface area (Å²) < 4.78 is 4.75. The highest BCUT2D eigenvalue weighted by Gasteiger charge is 2.45. The minimum atomic E-state index is -0.465. The van der Waals surface area contributed by atoms with Gasteiger partial charge in [0.05, 0.1) is 27.5 Å². The summed E-state index contributed by atoms with van der Waals surface area (Å²) in [5.74, 6) is 0. The molecular formula is C61H40N2S2. The molecule has 10 aromatic carbocycles. The molecule has 0 fully saturated rings. The van der Waals surface area contributed by atoms with E-state index in [1.54, 1.807) is 0 Å². The maximum atomic E-state index is 2.38. The Morgan fingerprint density at radius 3 is 0.877 bits per heavy atom. The largest absolute Gasteiger partial charge is 0.309 e. The molecular weight excluding hydrogens is 825 g/mol. The summed E-state index contributed by atoms with van der Waals surface area (Å²) in [7, 11) is 0. The fourth-order valence-electron chi connectivity index (χ4n) is 10.6. The van der Waals surface area contributed by atoms with Crippen molar-refractivity contribution in [2.75, 3.05) is 0 Å². The predicted octanol–water partition coefficient (Wildman–Crippen LogP) is 16.5. The second-order valence-corrected chi connectivity index (χ2v) is 19.1. The molecule has 0 N–H and O–H groups in total. The monoisotopic (exact) mass is 864 g/mol. The smallest absolute Gasteiger partial charge is 0.0713 e. The summed E-state index contributed by atoms with van der Waals surface area (Å²) in [6.45, 7) is 0. The van der Waals surface area contributed by atoms with Gasteiger partial charge in [-0.2, -0.15) is 0 Å². The molecule has 2 aromatic heterocycles. The first-order valence-corrected chi connectivity index (χ1v) is 23.8. The summed E-state index contributed by atoms with van der Waals surface area (Å²) in [6, 6.07) is 89.4. The summed E-state index contributed by atoms with van der Waals surface area (Å²) in [5, 5.41) is 5.11. The van der Waals surface area contributed by atoms with Crippen LogP contribution in [0, 0.1) is 0 Å². The van der Waals surface area contributed by atoms with Crippen LogP contribution >= 0.6 is 23.5 Å². The van der Waals surface area contributed by atoms with Crippen molar-refractivity contribution < 1.29 is 0 Å². The summed E-state index contributed by atoms with van der Waals surface area (Å²) >= 11 is 3.62. The topological polar surface area (TPSA) is 9.86 Å². The van der Waals surface area contributed by atoms with E-state index in [1.807, 2.05) is 23.5 Å². The Morgan fingerprint density at radius 1 is 0.262 bits per heavy atom. The van der Waals surface area contributed by atoms with Gasteiger partial charge in [-0.25, -0.2) is 0 Å². The molecule has 2 nitrogen and oxygen atoms in total.